The Balaban J connectivity index is 0.000000336. The van der Waals surface area contributed by atoms with Gasteiger partial charge >= 0.3 is 0 Å². The van der Waals surface area contributed by atoms with Gasteiger partial charge in [-0.05, 0) is 23.9 Å². The monoisotopic (exact) mass is 160 g/mol. The molecule has 2 nitrogen and oxygen atoms in total. The predicted octanol–water partition coefficient (Wildman–Crippen LogP) is 1.81. The molecule has 0 saturated carbocycles. The van der Waals surface area contributed by atoms with Crippen LogP contribution in [0.4, 0.5) is 0 Å². The van der Waals surface area contributed by atoms with E-state index in [2.05, 4.69) is 22.9 Å². The van der Waals surface area contributed by atoms with Crippen molar-refractivity contribution >= 4 is 10.8 Å². The summed E-state index contributed by atoms with van der Waals surface area (Å²) in [6.07, 6.45) is 3.68. The molecule has 2 heteroatoms. The molecule has 0 aliphatic carbocycles. The highest BCUT2D eigenvalue weighted by Gasteiger charge is 1.86. The number of nitrogens with zero attached hydrogens (tertiary/aromatic N) is 1. The Hall–Kier alpha value is -1.41. The van der Waals surface area contributed by atoms with Crippen molar-refractivity contribution in [3.05, 3.63) is 42.7 Å². The molecule has 1 aromatic carbocycles. The fourth-order valence-corrected chi connectivity index (χ4v) is 1.03. The van der Waals surface area contributed by atoms with Gasteiger partial charge in [0.1, 0.15) is 0 Å². The second-order valence-electron chi connectivity index (χ2n) is 2.22. The minimum absolute atomic E-state index is 1.20. The summed E-state index contributed by atoms with van der Waals surface area (Å²) in [5.74, 6) is 0. The van der Waals surface area contributed by atoms with Gasteiger partial charge in [0.25, 0.3) is 0 Å². The highest BCUT2D eigenvalue weighted by Crippen LogP contribution is 2.09. The van der Waals surface area contributed by atoms with E-state index in [1.165, 1.54) is 17.8 Å². The maximum Gasteiger partial charge on any atom is 0.0346 e. The molecule has 0 aliphatic rings. The number of hydrogen-bond donors (Lipinski definition) is 1. The van der Waals surface area contributed by atoms with Crippen LogP contribution in [0.2, 0.25) is 0 Å². The van der Waals surface area contributed by atoms with Gasteiger partial charge in [0.05, 0.1) is 0 Å². The molecule has 0 fully saturated rings. The van der Waals surface area contributed by atoms with Crippen LogP contribution < -0.4 is 5.73 Å². The normalized spacial score (nSPS) is 8.83. The number of aromatic nitrogens is 1. The zero-order valence-corrected chi connectivity index (χ0v) is 7.07. The highest BCUT2D eigenvalue weighted by molar-refractivity contribution is 5.80. The van der Waals surface area contributed by atoms with E-state index in [0.717, 1.165) is 0 Å². The van der Waals surface area contributed by atoms with Gasteiger partial charge in [0.15, 0.2) is 0 Å². The first-order valence-corrected chi connectivity index (χ1v) is 3.83. The molecular weight excluding hydrogens is 148 g/mol. The zero-order chi connectivity index (χ0) is 8.81. The lowest BCUT2D eigenvalue weighted by Gasteiger charge is -1.91. The Morgan fingerprint density at radius 1 is 1.00 bits per heavy atom. The minimum Gasteiger partial charge on any atom is -0.333 e. The fraction of sp³-hybridized carbons (Fsp3) is 0.100. The van der Waals surface area contributed by atoms with Crippen LogP contribution in [0.5, 0.6) is 0 Å². The third-order valence-electron chi connectivity index (χ3n) is 1.55. The van der Waals surface area contributed by atoms with Crippen molar-refractivity contribution in [3.63, 3.8) is 0 Å². The van der Waals surface area contributed by atoms with Crippen molar-refractivity contribution in [2.45, 2.75) is 0 Å². The second kappa shape index (κ2) is 4.46. The molecule has 0 atom stereocenters. The maximum atomic E-state index is 4.50. The third-order valence-corrected chi connectivity index (χ3v) is 1.55. The number of hydrogen-bond acceptors (Lipinski definition) is 2. The maximum absolute atomic E-state index is 4.50. The van der Waals surface area contributed by atoms with Gasteiger partial charge in [-0.15, -0.1) is 0 Å². The zero-order valence-electron chi connectivity index (χ0n) is 7.07. The van der Waals surface area contributed by atoms with Gasteiger partial charge < -0.3 is 5.73 Å². The molecule has 2 rings (SSSR count). The molecule has 12 heavy (non-hydrogen) atoms. The number of nitrogens with two attached hydrogens (primary N) is 1. The van der Waals surface area contributed by atoms with Gasteiger partial charge in [0, 0.05) is 12.4 Å². The van der Waals surface area contributed by atoms with Crippen LogP contribution >= 0.6 is 0 Å². The SMILES string of the molecule is CN.c1ccc2cnccc2c1. The van der Waals surface area contributed by atoms with Crippen molar-refractivity contribution in [1.29, 1.82) is 0 Å². The molecule has 0 unspecified atom stereocenters. The van der Waals surface area contributed by atoms with Gasteiger partial charge in [-0.25, -0.2) is 0 Å². The van der Waals surface area contributed by atoms with Gasteiger partial charge in [-0.1, -0.05) is 24.3 Å². The molecular formula is C10H12N2. The van der Waals surface area contributed by atoms with Gasteiger partial charge in [-0.3, -0.25) is 4.98 Å². The third kappa shape index (κ3) is 1.80. The summed E-state index contributed by atoms with van der Waals surface area (Å²) in [7, 11) is 1.50. The van der Waals surface area contributed by atoms with E-state index in [0.29, 0.717) is 0 Å². The minimum atomic E-state index is 1.20. The van der Waals surface area contributed by atoms with E-state index in [9.17, 15) is 0 Å². The summed E-state index contributed by atoms with van der Waals surface area (Å²) in [4.78, 5) is 4.01. The van der Waals surface area contributed by atoms with Crippen LogP contribution in [0.1, 0.15) is 0 Å². The van der Waals surface area contributed by atoms with Crippen molar-refractivity contribution < 1.29 is 0 Å². The predicted molar refractivity (Wildman–Crippen MR) is 51.9 cm³/mol. The van der Waals surface area contributed by atoms with Crippen LogP contribution in [-0.4, -0.2) is 12.0 Å². The Bertz CT molecular complexity index is 279. The molecule has 0 bridgehead atoms. The average Bonchev–Trinajstić information content (AvgIpc) is 2.21. The first-order valence-electron chi connectivity index (χ1n) is 3.83. The fourth-order valence-electron chi connectivity index (χ4n) is 1.03. The quantitative estimate of drug-likeness (QED) is 0.638. The Kier molecular flexibility index (Phi) is 3.23. The van der Waals surface area contributed by atoms with Crippen molar-refractivity contribution in [2.24, 2.45) is 5.73 Å². The molecule has 0 saturated heterocycles. The van der Waals surface area contributed by atoms with Crippen LogP contribution in [-0.2, 0) is 0 Å². The largest absolute Gasteiger partial charge is 0.333 e. The number of pyridine rings is 1. The summed E-state index contributed by atoms with van der Waals surface area (Å²) in [5.41, 5.74) is 4.50. The van der Waals surface area contributed by atoms with Gasteiger partial charge in [-0.2, -0.15) is 0 Å². The Labute approximate surface area is 72.0 Å². The smallest absolute Gasteiger partial charge is 0.0346 e. The molecule has 62 valence electrons. The number of fused-ring (bicyclic) bond motifs is 1. The summed E-state index contributed by atoms with van der Waals surface area (Å²) >= 11 is 0. The van der Waals surface area contributed by atoms with Crippen LogP contribution in [0, 0.1) is 0 Å². The van der Waals surface area contributed by atoms with E-state index in [1.54, 1.807) is 0 Å². The molecule has 0 aliphatic heterocycles. The number of benzene rings is 1. The molecule has 2 aromatic rings. The molecule has 0 radical (unpaired) electrons. The van der Waals surface area contributed by atoms with Crippen molar-refractivity contribution in [2.75, 3.05) is 7.05 Å². The molecule has 1 heterocycles. The molecule has 1 aromatic heterocycles. The van der Waals surface area contributed by atoms with Crippen molar-refractivity contribution in [1.82, 2.24) is 4.98 Å². The first-order chi connectivity index (χ1) is 5.97. The lowest BCUT2D eigenvalue weighted by molar-refractivity contribution is 1.36. The Morgan fingerprint density at radius 2 is 1.67 bits per heavy atom. The van der Waals surface area contributed by atoms with Crippen LogP contribution in [0.25, 0.3) is 10.8 Å². The van der Waals surface area contributed by atoms with E-state index in [4.69, 9.17) is 0 Å². The van der Waals surface area contributed by atoms with E-state index < -0.39 is 0 Å². The molecule has 2 N–H and O–H groups in total. The van der Waals surface area contributed by atoms with E-state index >= 15 is 0 Å². The van der Waals surface area contributed by atoms with E-state index in [1.807, 2.05) is 30.6 Å². The first kappa shape index (κ1) is 8.68. The van der Waals surface area contributed by atoms with Crippen LogP contribution in [0.15, 0.2) is 42.7 Å². The second-order valence-corrected chi connectivity index (χ2v) is 2.22. The van der Waals surface area contributed by atoms with Crippen molar-refractivity contribution in [3.8, 4) is 0 Å². The van der Waals surface area contributed by atoms with Crippen LogP contribution in [0.3, 0.4) is 0 Å². The number of rotatable bonds is 0. The Morgan fingerprint density at radius 3 is 2.33 bits per heavy atom. The van der Waals surface area contributed by atoms with Gasteiger partial charge in [0.2, 0.25) is 0 Å². The summed E-state index contributed by atoms with van der Waals surface area (Å²) < 4.78 is 0. The summed E-state index contributed by atoms with van der Waals surface area (Å²) in [5, 5.41) is 2.45. The molecule has 0 spiro atoms. The lowest BCUT2D eigenvalue weighted by Crippen LogP contribution is -1.71. The molecule has 0 amide bonds. The topological polar surface area (TPSA) is 38.9 Å². The average molecular weight is 160 g/mol. The lowest BCUT2D eigenvalue weighted by atomic mass is 10.2. The standard InChI is InChI=1S/C9H7N.CH5N/c1-2-4-9-7-10-6-5-8(9)3-1;1-2/h1-7H;2H2,1H3. The summed E-state index contributed by atoms with van der Waals surface area (Å²) in [6.45, 7) is 0. The van der Waals surface area contributed by atoms with E-state index in [-0.39, 0.29) is 0 Å². The highest BCUT2D eigenvalue weighted by atomic mass is 14.6. The summed E-state index contributed by atoms with van der Waals surface area (Å²) in [6, 6.07) is 10.2.